The van der Waals surface area contributed by atoms with Crippen LogP contribution in [-0.4, -0.2) is 36.3 Å². The summed E-state index contributed by atoms with van der Waals surface area (Å²) in [5.41, 5.74) is 0. The van der Waals surface area contributed by atoms with E-state index in [-0.39, 0.29) is 5.91 Å². The van der Waals surface area contributed by atoms with Gasteiger partial charge < -0.3 is 9.64 Å². The van der Waals surface area contributed by atoms with Crippen molar-refractivity contribution in [1.29, 1.82) is 0 Å². The Kier molecular flexibility index (Phi) is 4.09. The van der Waals surface area contributed by atoms with Crippen LogP contribution in [0, 0.1) is 5.92 Å². The Balaban J connectivity index is 1.90. The standard InChI is InChI=1S/C12H16BrNO2S/c1-14(6-8-3-9(13)4-8)12(15)11-5-10(16-2)7-17-11/h5,7-9H,3-4,6H2,1-2H3. The summed E-state index contributed by atoms with van der Waals surface area (Å²) in [6, 6.07) is 1.80. The van der Waals surface area contributed by atoms with Crippen molar-refractivity contribution in [3.63, 3.8) is 0 Å². The summed E-state index contributed by atoms with van der Waals surface area (Å²) in [7, 11) is 3.49. The van der Waals surface area contributed by atoms with Gasteiger partial charge in [-0.2, -0.15) is 0 Å². The molecule has 0 atom stereocenters. The van der Waals surface area contributed by atoms with Gasteiger partial charge in [-0.3, -0.25) is 4.79 Å². The van der Waals surface area contributed by atoms with E-state index in [1.54, 1.807) is 13.2 Å². The molecule has 0 aromatic carbocycles. The number of methoxy groups -OCH3 is 1. The van der Waals surface area contributed by atoms with Gasteiger partial charge in [0.2, 0.25) is 0 Å². The van der Waals surface area contributed by atoms with Gasteiger partial charge >= 0.3 is 0 Å². The zero-order chi connectivity index (χ0) is 12.4. The van der Waals surface area contributed by atoms with Gasteiger partial charge in [0.25, 0.3) is 5.91 Å². The number of hydrogen-bond donors (Lipinski definition) is 0. The lowest BCUT2D eigenvalue weighted by atomic mass is 9.85. The number of carbonyl (C=O) groups excluding carboxylic acids is 1. The molecule has 0 saturated heterocycles. The zero-order valence-corrected chi connectivity index (χ0v) is 12.4. The fraction of sp³-hybridized carbons (Fsp3) is 0.583. The van der Waals surface area contributed by atoms with Gasteiger partial charge in [0.05, 0.1) is 12.0 Å². The monoisotopic (exact) mass is 317 g/mol. The van der Waals surface area contributed by atoms with Crippen LogP contribution in [0.1, 0.15) is 22.5 Å². The van der Waals surface area contributed by atoms with Crippen molar-refractivity contribution in [1.82, 2.24) is 4.90 Å². The minimum Gasteiger partial charge on any atom is -0.496 e. The van der Waals surface area contributed by atoms with Gasteiger partial charge in [-0.1, -0.05) is 15.9 Å². The molecule has 5 heteroatoms. The molecule has 0 bridgehead atoms. The molecule has 0 radical (unpaired) electrons. The van der Waals surface area contributed by atoms with Crippen molar-refractivity contribution in [2.45, 2.75) is 17.7 Å². The van der Waals surface area contributed by atoms with Crippen molar-refractivity contribution in [2.75, 3.05) is 20.7 Å². The summed E-state index contributed by atoms with van der Waals surface area (Å²) in [5.74, 6) is 1.50. The van der Waals surface area contributed by atoms with Crippen molar-refractivity contribution < 1.29 is 9.53 Å². The molecular weight excluding hydrogens is 302 g/mol. The van der Waals surface area contributed by atoms with E-state index < -0.39 is 0 Å². The number of halogens is 1. The third kappa shape index (κ3) is 3.01. The Morgan fingerprint density at radius 2 is 2.35 bits per heavy atom. The number of nitrogens with zero attached hydrogens (tertiary/aromatic N) is 1. The quantitative estimate of drug-likeness (QED) is 0.799. The van der Waals surface area contributed by atoms with Crippen LogP contribution in [-0.2, 0) is 0 Å². The molecule has 0 aliphatic heterocycles. The first-order chi connectivity index (χ1) is 8.10. The topological polar surface area (TPSA) is 29.5 Å². The van der Waals surface area contributed by atoms with E-state index in [0.717, 1.165) is 17.2 Å². The second kappa shape index (κ2) is 5.40. The first kappa shape index (κ1) is 12.9. The van der Waals surface area contributed by atoms with Gasteiger partial charge in [0.1, 0.15) is 5.75 Å². The molecule has 1 amide bonds. The van der Waals surface area contributed by atoms with Gasteiger partial charge in [-0.15, -0.1) is 11.3 Å². The van der Waals surface area contributed by atoms with Crippen LogP contribution >= 0.6 is 27.3 Å². The zero-order valence-electron chi connectivity index (χ0n) is 9.98. The maximum absolute atomic E-state index is 12.1. The van der Waals surface area contributed by atoms with Crippen molar-refractivity contribution >= 4 is 33.2 Å². The van der Waals surface area contributed by atoms with Crippen molar-refractivity contribution in [3.05, 3.63) is 16.3 Å². The normalized spacial score (nSPS) is 23.0. The van der Waals surface area contributed by atoms with Crippen LogP contribution in [0.15, 0.2) is 11.4 Å². The van der Waals surface area contributed by atoms with Crippen LogP contribution in [0.3, 0.4) is 0 Å². The van der Waals surface area contributed by atoms with Crippen LogP contribution in [0.25, 0.3) is 0 Å². The summed E-state index contributed by atoms with van der Waals surface area (Å²) < 4.78 is 5.09. The summed E-state index contributed by atoms with van der Waals surface area (Å²) in [6.45, 7) is 0.848. The number of carbonyl (C=O) groups is 1. The van der Waals surface area contributed by atoms with Crippen molar-refractivity contribution in [3.8, 4) is 5.75 Å². The highest BCUT2D eigenvalue weighted by Gasteiger charge is 2.29. The number of hydrogen-bond acceptors (Lipinski definition) is 3. The maximum atomic E-state index is 12.1. The molecule has 0 unspecified atom stereocenters. The summed E-state index contributed by atoms with van der Waals surface area (Å²) in [6.07, 6.45) is 2.34. The van der Waals surface area contributed by atoms with E-state index in [2.05, 4.69) is 15.9 Å². The molecule has 1 aliphatic rings. The first-order valence-electron chi connectivity index (χ1n) is 5.62. The lowest BCUT2D eigenvalue weighted by Gasteiger charge is -2.34. The highest BCUT2D eigenvalue weighted by molar-refractivity contribution is 9.09. The molecule has 3 nitrogen and oxygen atoms in total. The molecule has 2 rings (SSSR count). The fourth-order valence-electron chi connectivity index (χ4n) is 2.00. The average Bonchev–Trinajstić information content (AvgIpc) is 2.74. The molecule has 0 spiro atoms. The number of ether oxygens (including phenoxy) is 1. The Bertz CT molecular complexity index is 401. The number of rotatable bonds is 4. The first-order valence-corrected chi connectivity index (χ1v) is 7.41. The minimum absolute atomic E-state index is 0.0938. The molecular formula is C12H16BrNO2S. The molecule has 1 heterocycles. The summed E-state index contributed by atoms with van der Waals surface area (Å²) >= 11 is 5.01. The summed E-state index contributed by atoms with van der Waals surface area (Å²) in [5, 5.41) is 1.86. The lowest BCUT2D eigenvalue weighted by Crippen LogP contribution is -2.37. The van der Waals surface area contributed by atoms with E-state index in [0.29, 0.717) is 10.7 Å². The second-order valence-corrected chi connectivity index (χ2v) is 6.68. The van der Waals surface area contributed by atoms with Crippen LogP contribution in [0.4, 0.5) is 0 Å². The highest BCUT2D eigenvalue weighted by atomic mass is 79.9. The molecule has 1 aromatic rings. The maximum Gasteiger partial charge on any atom is 0.263 e. The van der Waals surface area contributed by atoms with Crippen LogP contribution in [0.2, 0.25) is 0 Å². The largest absolute Gasteiger partial charge is 0.496 e. The van der Waals surface area contributed by atoms with Gasteiger partial charge in [0, 0.05) is 29.9 Å². The number of thiophene rings is 1. The fourth-order valence-corrected chi connectivity index (χ4v) is 3.91. The molecule has 17 heavy (non-hydrogen) atoms. The van der Waals surface area contributed by atoms with Crippen LogP contribution < -0.4 is 4.74 Å². The SMILES string of the molecule is COc1csc(C(=O)N(C)CC2CC(Br)C2)c1. The molecule has 1 aromatic heterocycles. The van der Waals surface area contributed by atoms with E-state index in [1.807, 2.05) is 17.3 Å². The molecule has 1 fully saturated rings. The Morgan fingerprint density at radius 1 is 1.65 bits per heavy atom. The van der Waals surface area contributed by atoms with E-state index in [9.17, 15) is 4.79 Å². The van der Waals surface area contributed by atoms with E-state index in [1.165, 1.54) is 24.2 Å². The van der Waals surface area contributed by atoms with Crippen molar-refractivity contribution in [2.24, 2.45) is 5.92 Å². The predicted molar refractivity (Wildman–Crippen MR) is 73.3 cm³/mol. The smallest absolute Gasteiger partial charge is 0.263 e. The second-order valence-electron chi connectivity index (χ2n) is 4.47. The molecule has 1 aliphatic carbocycles. The summed E-state index contributed by atoms with van der Waals surface area (Å²) in [4.78, 5) is 15.3. The lowest BCUT2D eigenvalue weighted by molar-refractivity contribution is 0.0753. The van der Waals surface area contributed by atoms with Gasteiger partial charge in [-0.25, -0.2) is 0 Å². The number of amides is 1. The molecule has 0 N–H and O–H groups in total. The van der Waals surface area contributed by atoms with E-state index >= 15 is 0 Å². The minimum atomic E-state index is 0.0938. The van der Waals surface area contributed by atoms with E-state index in [4.69, 9.17) is 4.74 Å². The Hall–Kier alpha value is -0.550. The predicted octanol–water partition coefficient (Wildman–Crippen LogP) is 3.00. The Morgan fingerprint density at radius 3 is 2.88 bits per heavy atom. The van der Waals surface area contributed by atoms with Gasteiger partial charge in [-0.05, 0) is 18.8 Å². The average molecular weight is 318 g/mol. The Labute approximate surface area is 114 Å². The third-order valence-electron chi connectivity index (χ3n) is 3.08. The van der Waals surface area contributed by atoms with Gasteiger partial charge in [0.15, 0.2) is 0 Å². The molecule has 94 valence electrons. The molecule has 1 saturated carbocycles. The third-order valence-corrected chi connectivity index (χ3v) is 4.72. The van der Waals surface area contributed by atoms with Crippen LogP contribution in [0.5, 0.6) is 5.75 Å². The highest BCUT2D eigenvalue weighted by Crippen LogP contribution is 2.34. The number of alkyl halides is 1.